The summed E-state index contributed by atoms with van der Waals surface area (Å²) in [6.07, 6.45) is 4.46. The molecule has 6 heteroatoms. The second-order valence-electron chi connectivity index (χ2n) is 5.06. The molecule has 0 aliphatic carbocycles. The minimum atomic E-state index is -0.247. The molecular weight excluding hydrogens is 268 g/mol. The average molecular weight is 284 g/mol. The normalized spacial score (nSPS) is 13.7. The molecule has 1 aliphatic heterocycles. The van der Waals surface area contributed by atoms with Crippen LogP contribution in [0, 0.1) is 0 Å². The number of aryl methyl sites for hydroxylation is 1. The maximum Gasteiger partial charge on any atom is 0.261 e. The SMILES string of the molecule is CN1C(=O)c2ccc(NCCc3nccn3C)cc2C1=O. The van der Waals surface area contributed by atoms with Gasteiger partial charge in [-0.25, -0.2) is 4.98 Å². The summed E-state index contributed by atoms with van der Waals surface area (Å²) in [6.45, 7) is 0.710. The van der Waals surface area contributed by atoms with Gasteiger partial charge in [-0.2, -0.15) is 0 Å². The van der Waals surface area contributed by atoms with Crippen LogP contribution in [0.1, 0.15) is 26.5 Å². The van der Waals surface area contributed by atoms with Crippen molar-refractivity contribution in [3.05, 3.63) is 47.5 Å². The predicted molar refractivity (Wildman–Crippen MR) is 78.3 cm³/mol. The lowest BCUT2D eigenvalue weighted by atomic mass is 10.1. The maximum atomic E-state index is 11.9. The smallest absolute Gasteiger partial charge is 0.261 e. The van der Waals surface area contributed by atoms with E-state index in [-0.39, 0.29) is 11.8 Å². The van der Waals surface area contributed by atoms with Gasteiger partial charge in [-0.15, -0.1) is 0 Å². The summed E-state index contributed by atoms with van der Waals surface area (Å²) in [5.41, 5.74) is 1.76. The molecule has 108 valence electrons. The van der Waals surface area contributed by atoms with Gasteiger partial charge in [-0.3, -0.25) is 14.5 Å². The summed E-state index contributed by atoms with van der Waals surface area (Å²) in [7, 11) is 3.46. The Kier molecular flexibility index (Phi) is 3.21. The molecule has 3 rings (SSSR count). The predicted octanol–water partition coefficient (Wildman–Crippen LogP) is 1.30. The third-order valence-corrected chi connectivity index (χ3v) is 3.69. The number of benzene rings is 1. The Hall–Kier alpha value is -2.63. The van der Waals surface area contributed by atoms with E-state index in [0.29, 0.717) is 17.7 Å². The van der Waals surface area contributed by atoms with Gasteiger partial charge in [0.25, 0.3) is 11.8 Å². The molecule has 0 radical (unpaired) electrons. The number of carbonyl (C=O) groups is 2. The van der Waals surface area contributed by atoms with Crippen molar-refractivity contribution >= 4 is 17.5 Å². The number of hydrogen-bond donors (Lipinski definition) is 1. The number of amides is 2. The minimum absolute atomic E-state index is 0.241. The molecule has 2 amide bonds. The summed E-state index contributed by atoms with van der Waals surface area (Å²) in [5.74, 6) is 0.506. The number of anilines is 1. The van der Waals surface area contributed by atoms with Crippen LogP contribution in [-0.2, 0) is 13.5 Å². The summed E-state index contributed by atoms with van der Waals surface area (Å²) >= 11 is 0. The second-order valence-corrected chi connectivity index (χ2v) is 5.06. The first-order valence-corrected chi connectivity index (χ1v) is 6.74. The van der Waals surface area contributed by atoms with Crippen molar-refractivity contribution in [1.82, 2.24) is 14.5 Å². The molecule has 0 saturated heterocycles. The fourth-order valence-electron chi connectivity index (χ4n) is 2.43. The molecule has 0 fully saturated rings. The van der Waals surface area contributed by atoms with Crippen LogP contribution in [0.4, 0.5) is 5.69 Å². The van der Waals surface area contributed by atoms with Crippen LogP contribution >= 0.6 is 0 Å². The highest BCUT2D eigenvalue weighted by Crippen LogP contribution is 2.24. The molecule has 1 aromatic heterocycles. The lowest BCUT2D eigenvalue weighted by molar-refractivity contribution is 0.0693. The Morgan fingerprint density at radius 2 is 1.90 bits per heavy atom. The van der Waals surface area contributed by atoms with Gasteiger partial charge >= 0.3 is 0 Å². The van der Waals surface area contributed by atoms with E-state index in [1.165, 1.54) is 7.05 Å². The Balaban J connectivity index is 1.70. The van der Waals surface area contributed by atoms with E-state index in [0.717, 1.165) is 22.8 Å². The highest BCUT2D eigenvalue weighted by molar-refractivity contribution is 6.21. The minimum Gasteiger partial charge on any atom is -0.385 e. The number of fused-ring (bicyclic) bond motifs is 1. The number of imidazole rings is 1. The number of nitrogens with zero attached hydrogens (tertiary/aromatic N) is 3. The first-order chi connectivity index (χ1) is 10.1. The fraction of sp³-hybridized carbons (Fsp3) is 0.267. The molecule has 6 nitrogen and oxygen atoms in total. The van der Waals surface area contributed by atoms with Crippen LogP contribution in [0.15, 0.2) is 30.6 Å². The van der Waals surface area contributed by atoms with Crippen molar-refractivity contribution in [2.75, 3.05) is 18.9 Å². The van der Waals surface area contributed by atoms with E-state index < -0.39 is 0 Å². The number of hydrogen-bond acceptors (Lipinski definition) is 4. The van der Waals surface area contributed by atoms with Crippen LogP contribution in [0.3, 0.4) is 0 Å². The van der Waals surface area contributed by atoms with Gasteiger partial charge in [0.15, 0.2) is 0 Å². The van der Waals surface area contributed by atoms with Gasteiger partial charge in [0.2, 0.25) is 0 Å². The van der Waals surface area contributed by atoms with E-state index in [1.54, 1.807) is 18.3 Å². The highest BCUT2D eigenvalue weighted by Gasteiger charge is 2.32. The van der Waals surface area contributed by atoms with Gasteiger partial charge < -0.3 is 9.88 Å². The number of nitrogens with one attached hydrogen (secondary N) is 1. The Bertz CT molecular complexity index is 720. The van der Waals surface area contributed by atoms with Crippen molar-refractivity contribution in [1.29, 1.82) is 0 Å². The molecule has 0 saturated carbocycles. The Labute approximate surface area is 122 Å². The molecular formula is C15H16N4O2. The van der Waals surface area contributed by atoms with Crippen LogP contribution in [-0.4, -0.2) is 39.9 Å². The second kappa shape index (κ2) is 5.05. The average Bonchev–Trinajstić information content (AvgIpc) is 2.98. The molecule has 1 aromatic carbocycles. The van der Waals surface area contributed by atoms with Gasteiger partial charge in [-0.1, -0.05) is 0 Å². The summed E-state index contributed by atoms with van der Waals surface area (Å²) in [6, 6.07) is 5.25. The van der Waals surface area contributed by atoms with Gasteiger partial charge in [-0.05, 0) is 18.2 Å². The van der Waals surface area contributed by atoms with Crippen molar-refractivity contribution in [3.63, 3.8) is 0 Å². The molecule has 0 spiro atoms. The molecule has 2 heterocycles. The lowest BCUT2D eigenvalue weighted by Gasteiger charge is -2.07. The van der Waals surface area contributed by atoms with Crippen molar-refractivity contribution < 1.29 is 9.59 Å². The Morgan fingerprint density at radius 1 is 1.14 bits per heavy atom. The zero-order valence-corrected chi connectivity index (χ0v) is 12.0. The zero-order chi connectivity index (χ0) is 15.0. The third-order valence-electron chi connectivity index (χ3n) is 3.69. The first kappa shape index (κ1) is 13.4. The highest BCUT2D eigenvalue weighted by atomic mass is 16.2. The standard InChI is InChI=1S/C15H16N4O2/c1-18-8-7-17-13(18)5-6-16-10-3-4-11-12(9-10)15(21)19(2)14(11)20/h3-4,7-9,16H,5-6H2,1-2H3. The summed E-state index contributed by atoms with van der Waals surface area (Å²) < 4.78 is 1.97. The van der Waals surface area contributed by atoms with E-state index in [2.05, 4.69) is 10.3 Å². The van der Waals surface area contributed by atoms with Gasteiger partial charge in [0, 0.05) is 45.1 Å². The van der Waals surface area contributed by atoms with Crippen LogP contribution in [0.25, 0.3) is 0 Å². The number of carbonyl (C=O) groups excluding carboxylic acids is 2. The van der Waals surface area contributed by atoms with Crippen molar-refractivity contribution in [3.8, 4) is 0 Å². The maximum absolute atomic E-state index is 11.9. The number of rotatable bonds is 4. The quantitative estimate of drug-likeness (QED) is 0.859. The molecule has 1 aliphatic rings. The van der Waals surface area contributed by atoms with E-state index in [1.807, 2.05) is 23.9 Å². The van der Waals surface area contributed by atoms with Crippen LogP contribution in [0.5, 0.6) is 0 Å². The van der Waals surface area contributed by atoms with Gasteiger partial charge in [0.1, 0.15) is 5.82 Å². The van der Waals surface area contributed by atoms with E-state index >= 15 is 0 Å². The van der Waals surface area contributed by atoms with Crippen molar-refractivity contribution in [2.24, 2.45) is 7.05 Å². The topological polar surface area (TPSA) is 67.2 Å². The van der Waals surface area contributed by atoms with E-state index in [4.69, 9.17) is 0 Å². The molecule has 1 N–H and O–H groups in total. The first-order valence-electron chi connectivity index (χ1n) is 6.74. The largest absolute Gasteiger partial charge is 0.385 e. The summed E-state index contributed by atoms with van der Waals surface area (Å²) in [4.78, 5) is 29.1. The lowest BCUT2D eigenvalue weighted by Crippen LogP contribution is -2.24. The molecule has 2 aromatic rings. The molecule has 0 bridgehead atoms. The van der Waals surface area contributed by atoms with Crippen LogP contribution < -0.4 is 5.32 Å². The molecule has 0 unspecified atom stereocenters. The third kappa shape index (κ3) is 2.29. The summed E-state index contributed by atoms with van der Waals surface area (Å²) in [5, 5.41) is 3.25. The van der Waals surface area contributed by atoms with Crippen molar-refractivity contribution in [2.45, 2.75) is 6.42 Å². The zero-order valence-electron chi connectivity index (χ0n) is 12.0. The monoisotopic (exact) mass is 284 g/mol. The van der Waals surface area contributed by atoms with Gasteiger partial charge in [0.05, 0.1) is 11.1 Å². The number of aromatic nitrogens is 2. The molecule has 0 atom stereocenters. The number of imide groups is 1. The fourth-order valence-corrected chi connectivity index (χ4v) is 2.43. The Morgan fingerprint density at radius 3 is 2.62 bits per heavy atom. The van der Waals surface area contributed by atoms with Crippen LogP contribution in [0.2, 0.25) is 0 Å². The van der Waals surface area contributed by atoms with E-state index in [9.17, 15) is 9.59 Å². The molecule has 21 heavy (non-hydrogen) atoms.